The van der Waals surface area contributed by atoms with Crippen molar-refractivity contribution in [2.24, 2.45) is 0 Å². The quantitative estimate of drug-likeness (QED) is 0.731. The normalized spacial score (nSPS) is 19.8. The highest BCUT2D eigenvalue weighted by molar-refractivity contribution is 5.78. The van der Waals surface area contributed by atoms with E-state index in [9.17, 15) is 22.8 Å². The summed E-state index contributed by atoms with van der Waals surface area (Å²) in [6, 6.07) is 2.03. The summed E-state index contributed by atoms with van der Waals surface area (Å²) in [6.45, 7) is 4.89. The lowest BCUT2D eigenvalue weighted by Crippen LogP contribution is -2.51. The molecule has 8 nitrogen and oxygen atoms in total. The molecule has 2 aromatic rings. The Morgan fingerprint density at radius 2 is 1.85 bits per heavy atom. The van der Waals surface area contributed by atoms with Gasteiger partial charge in [0.15, 0.2) is 0 Å². The number of carbonyl (C=O) groups is 1. The third-order valence-electron chi connectivity index (χ3n) is 6.35. The molecule has 33 heavy (non-hydrogen) atoms. The van der Waals surface area contributed by atoms with Gasteiger partial charge in [-0.25, -0.2) is 9.97 Å². The monoisotopic (exact) mass is 464 g/mol. The Bertz CT molecular complexity index is 1030. The molecule has 2 aliphatic rings. The van der Waals surface area contributed by atoms with Crippen LogP contribution in [0.1, 0.15) is 42.5 Å². The zero-order valence-corrected chi connectivity index (χ0v) is 18.4. The van der Waals surface area contributed by atoms with Gasteiger partial charge in [0, 0.05) is 56.4 Å². The average molecular weight is 464 g/mol. The lowest BCUT2D eigenvalue weighted by Gasteiger charge is -2.36. The standard InChI is InChI=1S/C22H27F3N6O2/c1-2-15-10-16(11-26-20(15)33)18-4-3-5-31(18)14-19(32)29-6-8-30(9-7-29)21-27-12-17(13-28-21)22(23,24)25/h10-13,18H,2-9,14H2,1H3,(H,26,33). The number of anilines is 1. The average Bonchev–Trinajstić information content (AvgIpc) is 3.27. The molecule has 1 amide bonds. The number of halogens is 3. The van der Waals surface area contributed by atoms with Crippen LogP contribution in [0.3, 0.4) is 0 Å². The Morgan fingerprint density at radius 3 is 2.48 bits per heavy atom. The predicted octanol–water partition coefficient (Wildman–Crippen LogP) is 2.23. The van der Waals surface area contributed by atoms with Gasteiger partial charge in [-0.2, -0.15) is 13.2 Å². The molecule has 1 atom stereocenters. The van der Waals surface area contributed by atoms with Gasteiger partial charge in [-0.05, 0) is 37.4 Å². The molecule has 4 rings (SSSR count). The SMILES string of the molecule is CCc1cc(C2CCCN2CC(=O)N2CCN(c3ncc(C(F)(F)F)cn3)CC2)c[nH]c1=O. The molecule has 0 aliphatic carbocycles. The number of rotatable bonds is 5. The second-order valence-corrected chi connectivity index (χ2v) is 8.41. The first-order chi connectivity index (χ1) is 15.8. The minimum atomic E-state index is -4.47. The van der Waals surface area contributed by atoms with Crippen LogP contribution in [0.2, 0.25) is 0 Å². The molecule has 0 radical (unpaired) electrons. The predicted molar refractivity (Wildman–Crippen MR) is 116 cm³/mol. The molecule has 178 valence electrons. The van der Waals surface area contributed by atoms with Crippen molar-refractivity contribution < 1.29 is 18.0 Å². The maximum absolute atomic E-state index is 13.0. The number of amides is 1. The van der Waals surface area contributed by atoms with Crippen molar-refractivity contribution >= 4 is 11.9 Å². The van der Waals surface area contributed by atoms with Gasteiger partial charge in [0.1, 0.15) is 0 Å². The molecule has 2 saturated heterocycles. The maximum Gasteiger partial charge on any atom is 0.419 e. The number of piperazine rings is 1. The molecule has 4 heterocycles. The van der Waals surface area contributed by atoms with Crippen molar-refractivity contribution in [2.75, 3.05) is 44.2 Å². The molecule has 2 aliphatic heterocycles. The van der Waals surface area contributed by atoms with Crippen molar-refractivity contribution in [1.82, 2.24) is 24.8 Å². The fourth-order valence-electron chi connectivity index (χ4n) is 4.46. The lowest BCUT2D eigenvalue weighted by atomic mass is 10.0. The number of nitrogens with zero attached hydrogens (tertiary/aromatic N) is 5. The van der Waals surface area contributed by atoms with Gasteiger partial charge in [-0.15, -0.1) is 0 Å². The third-order valence-corrected chi connectivity index (χ3v) is 6.35. The van der Waals surface area contributed by atoms with Crippen molar-refractivity contribution in [1.29, 1.82) is 0 Å². The van der Waals surface area contributed by atoms with E-state index in [1.54, 1.807) is 16.0 Å². The number of alkyl halides is 3. The largest absolute Gasteiger partial charge is 0.419 e. The Balaban J connectivity index is 1.34. The highest BCUT2D eigenvalue weighted by Crippen LogP contribution is 2.31. The minimum absolute atomic E-state index is 0.0232. The van der Waals surface area contributed by atoms with Crippen LogP contribution in [-0.2, 0) is 17.4 Å². The van der Waals surface area contributed by atoms with Crippen LogP contribution >= 0.6 is 0 Å². The van der Waals surface area contributed by atoms with Crippen LogP contribution in [-0.4, -0.2) is 69.9 Å². The Kier molecular flexibility index (Phi) is 6.68. The minimum Gasteiger partial charge on any atom is -0.338 e. The van der Waals surface area contributed by atoms with Gasteiger partial charge in [0.05, 0.1) is 12.1 Å². The van der Waals surface area contributed by atoms with Crippen LogP contribution in [0, 0.1) is 0 Å². The molecule has 0 spiro atoms. The van der Waals surface area contributed by atoms with E-state index in [2.05, 4.69) is 19.9 Å². The number of carbonyl (C=O) groups excluding carboxylic acids is 1. The summed E-state index contributed by atoms with van der Waals surface area (Å²) < 4.78 is 38.1. The van der Waals surface area contributed by atoms with Crippen molar-refractivity contribution in [3.05, 3.63) is 51.7 Å². The van der Waals surface area contributed by atoms with Gasteiger partial charge in [0.2, 0.25) is 11.9 Å². The lowest BCUT2D eigenvalue weighted by molar-refractivity contribution is -0.138. The zero-order chi connectivity index (χ0) is 23.6. The summed E-state index contributed by atoms with van der Waals surface area (Å²) >= 11 is 0. The van der Waals surface area contributed by atoms with Crippen molar-refractivity contribution in [2.45, 2.75) is 38.4 Å². The fourth-order valence-corrected chi connectivity index (χ4v) is 4.46. The number of aromatic amines is 1. The highest BCUT2D eigenvalue weighted by atomic mass is 19.4. The molecule has 1 N–H and O–H groups in total. The first kappa shape index (κ1) is 23.2. The van der Waals surface area contributed by atoms with Crippen molar-refractivity contribution in [3.8, 4) is 0 Å². The molecule has 2 fully saturated rings. The van der Waals surface area contributed by atoms with E-state index in [4.69, 9.17) is 0 Å². The summed E-state index contributed by atoms with van der Waals surface area (Å²) in [5.41, 5.74) is 0.818. The first-order valence-corrected chi connectivity index (χ1v) is 11.1. The number of aromatic nitrogens is 3. The number of likely N-dealkylation sites (tertiary alicyclic amines) is 1. The smallest absolute Gasteiger partial charge is 0.338 e. The van der Waals surface area contributed by atoms with Crippen LogP contribution in [0.25, 0.3) is 0 Å². The third kappa shape index (κ3) is 5.18. The molecule has 2 aromatic heterocycles. The van der Waals surface area contributed by atoms with Crippen molar-refractivity contribution in [3.63, 3.8) is 0 Å². The van der Waals surface area contributed by atoms with Crippen LogP contribution in [0.4, 0.5) is 19.1 Å². The number of nitrogens with one attached hydrogen (secondary N) is 1. The van der Waals surface area contributed by atoms with E-state index in [0.29, 0.717) is 39.1 Å². The second-order valence-electron chi connectivity index (χ2n) is 8.41. The Hall–Kier alpha value is -2.95. The molecule has 1 unspecified atom stereocenters. The molecular formula is C22H27F3N6O2. The second kappa shape index (κ2) is 9.50. The number of hydrogen-bond acceptors (Lipinski definition) is 6. The number of pyridine rings is 1. The van der Waals surface area contributed by atoms with E-state index >= 15 is 0 Å². The van der Waals surface area contributed by atoms with E-state index in [-0.39, 0.29) is 23.5 Å². The molecular weight excluding hydrogens is 437 g/mol. The Morgan fingerprint density at radius 1 is 1.15 bits per heavy atom. The van der Waals surface area contributed by atoms with E-state index in [1.807, 2.05) is 13.0 Å². The Labute approximate surface area is 189 Å². The summed E-state index contributed by atoms with van der Waals surface area (Å²) in [4.78, 5) is 41.1. The molecule has 11 heteroatoms. The first-order valence-electron chi connectivity index (χ1n) is 11.1. The highest BCUT2D eigenvalue weighted by Gasteiger charge is 2.33. The fraction of sp³-hybridized carbons (Fsp3) is 0.545. The van der Waals surface area contributed by atoms with E-state index in [1.165, 1.54) is 0 Å². The summed E-state index contributed by atoms with van der Waals surface area (Å²) in [6.07, 6.45) is 1.42. The van der Waals surface area contributed by atoms with Crippen LogP contribution in [0.5, 0.6) is 0 Å². The van der Waals surface area contributed by atoms with Gasteiger partial charge < -0.3 is 14.8 Å². The molecule has 0 bridgehead atoms. The van der Waals surface area contributed by atoms with Gasteiger partial charge in [-0.1, -0.05) is 6.92 Å². The number of H-pyrrole nitrogens is 1. The molecule has 0 saturated carbocycles. The van der Waals surface area contributed by atoms with Gasteiger partial charge in [0.25, 0.3) is 5.56 Å². The number of hydrogen-bond donors (Lipinski definition) is 1. The zero-order valence-electron chi connectivity index (χ0n) is 18.4. The number of aryl methyl sites for hydroxylation is 1. The summed E-state index contributed by atoms with van der Waals surface area (Å²) in [5, 5.41) is 0. The topological polar surface area (TPSA) is 85.4 Å². The van der Waals surface area contributed by atoms with Crippen LogP contribution < -0.4 is 10.5 Å². The van der Waals surface area contributed by atoms with E-state index < -0.39 is 11.7 Å². The van der Waals surface area contributed by atoms with Gasteiger partial charge in [-0.3, -0.25) is 14.5 Å². The van der Waals surface area contributed by atoms with Gasteiger partial charge >= 0.3 is 6.18 Å². The summed E-state index contributed by atoms with van der Waals surface area (Å²) in [7, 11) is 0. The maximum atomic E-state index is 13.0. The summed E-state index contributed by atoms with van der Waals surface area (Å²) in [5.74, 6) is 0.259. The molecule has 0 aromatic carbocycles. The van der Waals surface area contributed by atoms with Crippen LogP contribution in [0.15, 0.2) is 29.5 Å². The van der Waals surface area contributed by atoms with E-state index in [0.717, 1.165) is 42.9 Å².